The van der Waals surface area contributed by atoms with Crippen LogP contribution in [0.5, 0.6) is 0 Å². The zero-order chi connectivity index (χ0) is 12.8. The van der Waals surface area contributed by atoms with Crippen LogP contribution in [0.15, 0.2) is 12.3 Å². The molecular formula is C13H22N4S. The lowest BCUT2D eigenvalue weighted by Gasteiger charge is -2.36. The molecule has 0 saturated heterocycles. The Morgan fingerprint density at radius 1 is 1.33 bits per heavy atom. The minimum Gasteiger partial charge on any atom is -0.369 e. The van der Waals surface area contributed by atoms with Crippen molar-refractivity contribution in [3.63, 3.8) is 0 Å². The third kappa shape index (κ3) is 3.28. The lowest BCUT2D eigenvalue weighted by molar-refractivity contribution is 0.411. The van der Waals surface area contributed by atoms with Crippen LogP contribution in [0.1, 0.15) is 32.1 Å². The minimum absolute atomic E-state index is 0.392. The molecule has 100 valence electrons. The second-order valence-electron chi connectivity index (χ2n) is 4.82. The van der Waals surface area contributed by atoms with Gasteiger partial charge in [-0.15, -0.1) is 0 Å². The Morgan fingerprint density at radius 2 is 2.11 bits per heavy atom. The minimum atomic E-state index is 0.392. The Labute approximate surface area is 113 Å². The van der Waals surface area contributed by atoms with E-state index in [0.29, 0.717) is 10.7 Å². The average molecular weight is 266 g/mol. The topological polar surface area (TPSA) is 49.8 Å². The van der Waals surface area contributed by atoms with Crippen LogP contribution in [0.25, 0.3) is 0 Å². The van der Waals surface area contributed by atoms with Crippen LogP contribution >= 0.6 is 11.8 Å². The highest BCUT2D eigenvalue weighted by molar-refractivity contribution is 8.00. The maximum atomic E-state index is 4.40. The molecule has 0 bridgehead atoms. The Balaban J connectivity index is 1.96. The zero-order valence-corrected chi connectivity index (χ0v) is 12.0. The van der Waals surface area contributed by atoms with E-state index < -0.39 is 0 Å². The molecule has 1 aromatic rings. The van der Waals surface area contributed by atoms with Crippen molar-refractivity contribution in [2.45, 2.75) is 36.9 Å². The highest BCUT2D eigenvalue weighted by Crippen LogP contribution is 2.38. The number of hydrogen-bond acceptors (Lipinski definition) is 5. The van der Waals surface area contributed by atoms with Gasteiger partial charge < -0.3 is 10.6 Å². The summed E-state index contributed by atoms with van der Waals surface area (Å²) in [5.41, 5.74) is 0. The molecule has 1 aromatic heterocycles. The monoisotopic (exact) mass is 266 g/mol. The lowest BCUT2D eigenvalue weighted by atomic mass is 9.88. The van der Waals surface area contributed by atoms with Gasteiger partial charge in [-0.25, -0.2) is 4.98 Å². The van der Waals surface area contributed by atoms with E-state index in [2.05, 4.69) is 26.9 Å². The summed E-state index contributed by atoms with van der Waals surface area (Å²) >= 11 is 2.00. The first kappa shape index (κ1) is 13.5. The first-order valence-electron chi connectivity index (χ1n) is 6.58. The molecule has 0 unspecified atom stereocenters. The third-order valence-electron chi connectivity index (χ3n) is 3.67. The molecule has 18 heavy (non-hydrogen) atoms. The Bertz CT molecular complexity index is 377. The normalized spacial score (nSPS) is 18.3. The van der Waals surface area contributed by atoms with Gasteiger partial charge in [0.2, 0.25) is 5.95 Å². The quantitative estimate of drug-likeness (QED) is 0.858. The summed E-state index contributed by atoms with van der Waals surface area (Å²) in [6.07, 6.45) is 10.7. The van der Waals surface area contributed by atoms with Gasteiger partial charge in [0.25, 0.3) is 0 Å². The van der Waals surface area contributed by atoms with Gasteiger partial charge in [0.05, 0.1) is 0 Å². The fourth-order valence-corrected chi connectivity index (χ4v) is 3.39. The SMILES string of the molecule is CNc1nccc(NCC2(SC)CCCCC2)n1. The molecule has 5 heteroatoms. The van der Waals surface area contributed by atoms with E-state index >= 15 is 0 Å². The molecular weight excluding hydrogens is 244 g/mol. The van der Waals surface area contributed by atoms with Gasteiger partial charge in [0, 0.05) is 24.5 Å². The molecule has 0 radical (unpaired) electrons. The number of anilines is 2. The highest BCUT2D eigenvalue weighted by Gasteiger charge is 2.30. The van der Waals surface area contributed by atoms with Crippen molar-refractivity contribution in [1.29, 1.82) is 0 Å². The largest absolute Gasteiger partial charge is 0.369 e. The molecule has 1 aliphatic rings. The Morgan fingerprint density at radius 3 is 2.78 bits per heavy atom. The first-order chi connectivity index (χ1) is 8.78. The third-order valence-corrected chi connectivity index (χ3v) is 5.09. The predicted octanol–water partition coefficient (Wildman–Crippen LogP) is 3.00. The molecule has 1 saturated carbocycles. The molecule has 1 heterocycles. The van der Waals surface area contributed by atoms with Gasteiger partial charge in [-0.2, -0.15) is 16.7 Å². The van der Waals surface area contributed by atoms with Crippen molar-refractivity contribution >= 4 is 23.5 Å². The van der Waals surface area contributed by atoms with Crippen LogP contribution < -0.4 is 10.6 Å². The van der Waals surface area contributed by atoms with Crippen LogP contribution in [0.2, 0.25) is 0 Å². The summed E-state index contributed by atoms with van der Waals surface area (Å²) in [4.78, 5) is 8.52. The fraction of sp³-hybridized carbons (Fsp3) is 0.692. The zero-order valence-electron chi connectivity index (χ0n) is 11.2. The molecule has 0 atom stereocenters. The van der Waals surface area contributed by atoms with Crippen LogP contribution in [-0.4, -0.2) is 34.6 Å². The Kier molecular flexibility index (Phi) is 4.69. The summed E-state index contributed by atoms with van der Waals surface area (Å²) in [6.45, 7) is 0.994. The van der Waals surface area contributed by atoms with Crippen LogP contribution in [0.4, 0.5) is 11.8 Å². The molecule has 4 nitrogen and oxygen atoms in total. The van der Waals surface area contributed by atoms with Gasteiger partial charge in [-0.05, 0) is 25.2 Å². The summed E-state index contributed by atoms with van der Waals surface area (Å²) in [5.74, 6) is 1.58. The van der Waals surface area contributed by atoms with Crippen LogP contribution in [0.3, 0.4) is 0 Å². The van der Waals surface area contributed by atoms with Crippen LogP contribution in [0, 0.1) is 0 Å². The molecule has 1 aliphatic carbocycles. The van der Waals surface area contributed by atoms with Gasteiger partial charge >= 0.3 is 0 Å². The molecule has 2 N–H and O–H groups in total. The molecule has 0 spiro atoms. The van der Waals surface area contributed by atoms with E-state index in [-0.39, 0.29) is 0 Å². The van der Waals surface area contributed by atoms with Gasteiger partial charge in [0.15, 0.2) is 0 Å². The predicted molar refractivity (Wildman–Crippen MR) is 79.4 cm³/mol. The van der Waals surface area contributed by atoms with Crippen molar-refractivity contribution in [2.24, 2.45) is 0 Å². The van der Waals surface area contributed by atoms with Crippen molar-refractivity contribution in [3.05, 3.63) is 12.3 Å². The second-order valence-corrected chi connectivity index (χ2v) is 6.09. The van der Waals surface area contributed by atoms with Gasteiger partial charge in [-0.3, -0.25) is 0 Å². The van der Waals surface area contributed by atoms with Crippen molar-refractivity contribution in [2.75, 3.05) is 30.5 Å². The fourth-order valence-electron chi connectivity index (χ4n) is 2.48. The molecule has 0 aromatic carbocycles. The number of aromatic nitrogens is 2. The number of nitrogens with one attached hydrogen (secondary N) is 2. The standard InChI is InChI=1S/C13H22N4S/c1-14-12-15-9-6-11(17-12)16-10-13(18-2)7-4-3-5-8-13/h6,9H,3-5,7-8,10H2,1-2H3,(H2,14,15,16,17). The summed E-state index contributed by atoms with van der Waals surface area (Å²) in [5, 5.41) is 6.43. The van der Waals surface area contributed by atoms with E-state index in [9.17, 15) is 0 Å². The average Bonchev–Trinajstić information content (AvgIpc) is 2.46. The highest BCUT2D eigenvalue weighted by atomic mass is 32.2. The van der Waals surface area contributed by atoms with E-state index in [1.165, 1.54) is 32.1 Å². The molecule has 0 aliphatic heterocycles. The molecule has 2 rings (SSSR count). The van der Waals surface area contributed by atoms with E-state index in [1.807, 2.05) is 24.9 Å². The first-order valence-corrected chi connectivity index (χ1v) is 7.80. The number of thioether (sulfide) groups is 1. The van der Waals surface area contributed by atoms with Crippen LogP contribution in [-0.2, 0) is 0 Å². The number of nitrogens with zero attached hydrogens (tertiary/aromatic N) is 2. The number of rotatable bonds is 5. The van der Waals surface area contributed by atoms with Gasteiger partial charge in [-0.1, -0.05) is 19.3 Å². The number of hydrogen-bond donors (Lipinski definition) is 2. The maximum absolute atomic E-state index is 4.40. The Hall–Kier alpha value is -0.970. The summed E-state index contributed by atoms with van der Waals surface area (Å²) < 4.78 is 0.392. The molecule has 0 amide bonds. The summed E-state index contributed by atoms with van der Waals surface area (Å²) in [6, 6.07) is 1.93. The maximum Gasteiger partial charge on any atom is 0.224 e. The summed E-state index contributed by atoms with van der Waals surface area (Å²) in [7, 11) is 1.84. The smallest absolute Gasteiger partial charge is 0.224 e. The van der Waals surface area contributed by atoms with Crippen molar-refractivity contribution in [3.8, 4) is 0 Å². The van der Waals surface area contributed by atoms with E-state index in [0.717, 1.165) is 12.4 Å². The lowest BCUT2D eigenvalue weighted by Crippen LogP contribution is -2.35. The van der Waals surface area contributed by atoms with Crippen molar-refractivity contribution < 1.29 is 0 Å². The van der Waals surface area contributed by atoms with Crippen molar-refractivity contribution in [1.82, 2.24) is 9.97 Å². The van der Waals surface area contributed by atoms with E-state index in [1.54, 1.807) is 6.20 Å². The second kappa shape index (κ2) is 6.27. The van der Waals surface area contributed by atoms with E-state index in [4.69, 9.17) is 0 Å². The molecule has 1 fully saturated rings. The van der Waals surface area contributed by atoms with Gasteiger partial charge in [0.1, 0.15) is 5.82 Å².